The molecule has 0 radical (unpaired) electrons. The Bertz CT molecular complexity index is 881. The summed E-state index contributed by atoms with van der Waals surface area (Å²) in [5, 5.41) is 12.3. The van der Waals surface area contributed by atoms with E-state index in [0.717, 1.165) is 11.3 Å². The van der Waals surface area contributed by atoms with Gasteiger partial charge in [0.05, 0.1) is 24.1 Å². The molecule has 0 saturated heterocycles. The second-order valence-electron chi connectivity index (χ2n) is 5.27. The fourth-order valence-electron chi connectivity index (χ4n) is 2.21. The molecule has 1 aromatic carbocycles. The fourth-order valence-corrected chi connectivity index (χ4v) is 2.21. The minimum atomic E-state index is 0.195. The molecule has 0 aliphatic heterocycles. The molecule has 0 spiro atoms. The first-order valence-electron chi connectivity index (χ1n) is 8.07. The first kappa shape index (κ1) is 18.7. The number of nitrogens with one attached hydrogen (secondary N) is 1. The zero-order valence-electron chi connectivity index (χ0n) is 14.8. The smallest absolute Gasteiger partial charge is 0.199 e. The molecule has 2 rings (SSSR count). The van der Waals surface area contributed by atoms with Gasteiger partial charge in [0.1, 0.15) is 12.4 Å². The Balaban J connectivity index is 2.05. The number of anilines is 1. The van der Waals surface area contributed by atoms with E-state index in [4.69, 9.17) is 5.73 Å². The van der Waals surface area contributed by atoms with Crippen molar-refractivity contribution < 1.29 is 0 Å². The summed E-state index contributed by atoms with van der Waals surface area (Å²) in [6, 6.07) is 7.52. The van der Waals surface area contributed by atoms with E-state index in [0.29, 0.717) is 17.8 Å². The molecule has 0 unspecified atom stereocenters. The van der Waals surface area contributed by atoms with E-state index in [1.54, 1.807) is 29.4 Å². The number of imidazole rings is 1. The number of rotatable bonds is 6. The van der Waals surface area contributed by atoms with Crippen LogP contribution in [0.1, 0.15) is 19.4 Å². The van der Waals surface area contributed by atoms with Crippen molar-refractivity contribution in [3.63, 3.8) is 0 Å². The van der Waals surface area contributed by atoms with Crippen LogP contribution in [0.5, 0.6) is 0 Å². The molecule has 0 bridgehead atoms. The number of allylic oxidation sites excluding steroid dienone is 2. The maximum absolute atomic E-state index is 9.36. The van der Waals surface area contributed by atoms with Crippen LogP contribution in [-0.4, -0.2) is 28.4 Å². The van der Waals surface area contributed by atoms with Gasteiger partial charge in [0.15, 0.2) is 5.96 Å². The van der Waals surface area contributed by atoms with E-state index in [1.165, 1.54) is 6.34 Å². The van der Waals surface area contributed by atoms with E-state index in [-0.39, 0.29) is 5.96 Å². The maximum Gasteiger partial charge on any atom is 0.199 e. The molecule has 0 aliphatic rings. The number of nitriles is 1. The van der Waals surface area contributed by atoms with Crippen LogP contribution in [0.2, 0.25) is 0 Å². The normalized spacial score (nSPS) is 12.7. The lowest BCUT2D eigenvalue weighted by Gasteiger charge is -2.09. The van der Waals surface area contributed by atoms with Crippen LogP contribution in [0.15, 0.2) is 70.7 Å². The summed E-state index contributed by atoms with van der Waals surface area (Å²) in [6.45, 7) is 4.46. The standard InChI is InChI=1S/C19H21N7/c1-3-5-15(4-2)12-23-13-24-19(21)25-17-6-7-18(16(10-17)11-20)26-9-8-22-14-26/h3-10,13-14H,12H2,1-2H3,(H3,21,23,24,25)/b5-3-,15-4+. The van der Waals surface area contributed by atoms with Crippen molar-refractivity contribution in [3.8, 4) is 11.8 Å². The first-order chi connectivity index (χ1) is 12.7. The predicted molar refractivity (Wildman–Crippen MR) is 105 cm³/mol. The van der Waals surface area contributed by atoms with Gasteiger partial charge in [0.25, 0.3) is 0 Å². The van der Waals surface area contributed by atoms with Gasteiger partial charge in [-0.05, 0) is 37.6 Å². The number of guanidine groups is 1. The number of benzene rings is 1. The third-order valence-corrected chi connectivity index (χ3v) is 3.48. The number of nitrogens with zero attached hydrogens (tertiary/aromatic N) is 5. The summed E-state index contributed by atoms with van der Waals surface area (Å²) in [5.41, 5.74) is 8.87. The zero-order valence-corrected chi connectivity index (χ0v) is 14.8. The van der Waals surface area contributed by atoms with E-state index in [1.807, 2.05) is 44.2 Å². The Kier molecular flexibility index (Phi) is 6.89. The van der Waals surface area contributed by atoms with Crippen LogP contribution in [0, 0.1) is 11.3 Å². The minimum Gasteiger partial charge on any atom is -0.369 e. The Labute approximate surface area is 152 Å². The summed E-state index contributed by atoms with van der Waals surface area (Å²) in [6.07, 6.45) is 12.4. The minimum absolute atomic E-state index is 0.195. The molecule has 132 valence electrons. The largest absolute Gasteiger partial charge is 0.369 e. The lowest BCUT2D eigenvalue weighted by Crippen LogP contribution is -2.22. The number of hydrogen-bond acceptors (Lipinski definition) is 3. The molecule has 7 heteroatoms. The monoisotopic (exact) mass is 347 g/mol. The Morgan fingerprint density at radius 3 is 2.92 bits per heavy atom. The zero-order chi connectivity index (χ0) is 18.8. The highest BCUT2D eigenvalue weighted by Gasteiger charge is 2.06. The summed E-state index contributed by atoms with van der Waals surface area (Å²) in [4.78, 5) is 12.3. The van der Waals surface area contributed by atoms with Gasteiger partial charge in [-0.1, -0.05) is 18.2 Å². The van der Waals surface area contributed by atoms with Crippen molar-refractivity contribution in [1.29, 1.82) is 5.26 Å². The van der Waals surface area contributed by atoms with Crippen molar-refractivity contribution in [2.75, 3.05) is 11.9 Å². The van der Waals surface area contributed by atoms with E-state index in [9.17, 15) is 5.26 Å². The quantitative estimate of drug-likeness (QED) is 0.476. The van der Waals surface area contributed by atoms with Crippen molar-refractivity contribution >= 4 is 18.0 Å². The highest BCUT2D eigenvalue weighted by atomic mass is 15.1. The second-order valence-corrected chi connectivity index (χ2v) is 5.27. The molecule has 2 aromatic rings. The molecule has 1 heterocycles. The SMILES string of the molecule is C/C=C\C(=C/C)CN=CN=C(N)Nc1ccc(-n2ccnc2)c(C#N)c1. The molecule has 7 nitrogen and oxygen atoms in total. The second kappa shape index (κ2) is 9.59. The van der Waals surface area contributed by atoms with Crippen molar-refractivity contribution in [2.24, 2.45) is 15.7 Å². The number of nitrogens with two attached hydrogens (primary N) is 1. The van der Waals surface area contributed by atoms with Gasteiger partial charge >= 0.3 is 0 Å². The number of aliphatic imine (C=N–C) groups is 2. The summed E-state index contributed by atoms with van der Waals surface area (Å²) in [7, 11) is 0. The van der Waals surface area contributed by atoms with Gasteiger partial charge in [0.2, 0.25) is 0 Å². The lowest BCUT2D eigenvalue weighted by molar-refractivity contribution is 1.05. The van der Waals surface area contributed by atoms with Crippen LogP contribution in [0.4, 0.5) is 5.69 Å². The van der Waals surface area contributed by atoms with Crippen molar-refractivity contribution in [2.45, 2.75) is 13.8 Å². The fraction of sp³-hybridized carbons (Fsp3) is 0.158. The van der Waals surface area contributed by atoms with Gasteiger partial charge in [-0.2, -0.15) is 5.26 Å². The van der Waals surface area contributed by atoms with Gasteiger partial charge in [0, 0.05) is 18.1 Å². The highest BCUT2D eigenvalue weighted by molar-refractivity contribution is 5.96. The molecule has 0 saturated carbocycles. The van der Waals surface area contributed by atoms with Crippen molar-refractivity contribution in [1.82, 2.24) is 9.55 Å². The third-order valence-electron chi connectivity index (χ3n) is 3.48. The van der Waals surface area contributed by atoms with E-state index in [2.05, 4.69) is 26.4 Å². The number of aromatic nitrogens is 2. The average molecular weight is 347 g/mol. The molecule has 26 heavy (non-hydrogen) atoms. The van der Waals surface area contributed by atoms with Crippen LogP contribution < -0.4 is 11.1 Å². The first-order valence-corrected chi connectivity index (χ1v) is 8.07. The third kappa shape index (κ3) is 5.18. The van der Waals surface area contributed by atoms with E-state index >= 15 is 0 Å². The molecule has 0 aliphatic carbocycles. The molecular weight excluding hydrogens is 326 g/mol. The maximum atomic E-state index is 9.36. The van der Waals surface area contributed by atoms with Crippen molar-refractivity contribution in [3.05, 3.63) is 66.3 Å². The summed E-state index contributed by atoms with van der Waals surface area (Å²) >= 11 is 0. The molecule has 3 N–H and O–H groups in total. The van der Waals surface area contributed by atoms with E-state index < -0.39 is 0 Å². The number of hydrogen-bond donors (Lipinski definition) is 2. The van der Waals surface area contributed by atoms with Crippen LogP contribution in [0.25, 0.3) is 5.69 Å². The van der Waals surface area contributed by atoms with Crippen LogP contribution in [-0.2, 0) is 0 Å². The Morgan fingerprint density at radius 1 is 1.42 bits per heavy atom. The molecule has 1 aromatic heterocycles. The van der Waals surface area contributed by atoms with Gasteiger partial charge < -0.3 is 15.6 Å². The molecule has 0 amide bonds. The molecule has 0 fully saturated rings. The predicted octanol–water partition coefficient (Wildman–Crippen LogP) is 3.02. The van der Waals surface area contributed by atoms with Crippen LogP contribution in [0.3, 0.4) is 0 Å². The van der Waals surface area contributed by atoms with Gasteiger partial charge in [-0.3, -0.25) is 4.99 Å². The van der Waals surface area contributed by atoms with Gasteiger partial charge in [-0.25, -0.2) is 9.98 Å². The molecule has 0 atom stereocenters. The topological polar surface area (TPSA) is 104 Å². The Morgan fingerprint density at radius 2 is 2.27 bits per heavy atom. The summed E-state index contributed by atoms with van der Waals surface area (Å²) < 4.78 is 1.77. The Hall–Kier alpha value is -3.66. The average Bonchev–Trinajstić information content (AvgIpc) is 3.18. The van der Waals surface area contributed by atoms with Gasteiger partial charge in [-0.15, -0.1) is 0 Å². The molecular formula is C19H21N7. The highest BCUT2D eigenvalue weighted by Crippen LogP contribution is 2.18. The van der Waals surface area contributed by atoms with Crippen LogP contribution >= 0.6 is 0 Å². The lowest BCUT2D eigenvalue weighted by atomic mass is 10.1. The summed E-state index contributed by atoms with van der Waals surface area (Å²) in [5.74, 6) is 0.195.